The van der Waals surface area contributed by atoms with E-state index >= 15 is 0 Å². The topological polar surface area (TPSA) is 71.0 Å². The van der Waals surface area contributed by atoms with Crippen molar-refractivity contribution in [2.45, 2.75) is 13.3 Å². The second kappa shape index (κ2) is 8.31. The Bertz CT molecular complexity index is 1020. The number of carbonyl (C=O) groups excluding carboxylic acids is 2. The maximum Gasteiger partial charge on any atom is 0.238 e. The maximum atomic E-state index is 14.1. The summed E-state index contributed by atoms with van der Waals surface area (Å²) in [7, 11) is 0. The number of fused-ring (bicyclic) bond motifs is 2. The van der Waals surface area contributed by atoms with E-state index in [-0.39, 0.29) is 30.2 Å². The van der Waals surface area contributed by atoms with Crippen molar-refractivity contribution in [1.82, 2.24) is 4.90 Å². The Morgan fingerprint density at radius 3 is 2.67 bits per heavy atom. The SMILES string of the molecule is CCOc1ccc(NC(=O)CN2CCC3=Nc4c(F)ccc(F)c4C(=O)C3C2)cc1. The van der Waals surface area contributed by atoms with Crippen LogP contribution in [0, 0.1) is 17.6 Å². The zero-order valence-corrected chi connectivity index (χ0v) is 16.5. The molecule has 30 heavy (non-hydrogen) atoms. The van der Waals surface area contributed by atoms with Crippen molar-refractivity contribution in [3.63, 3.8) is 0 Å². The first-order valence-corrected chi connectivity index (χ1v) is 9.81. The minimum atomic E-state index is -0.774. The average Bonchev–Trinajstić information content (AvgIpc) is 2.73. The van der Waals surface area contributed by atoms with E-state index in [1.807, 2.05) is 11.8 Å². The number of aliphatic imine (C=N–C) groups is 1. The van der Waals surface area contributed by atoms with Crippen LogP contribution < -0.4 is 10.1 Å². The third kappa shape index (κ3) is 3.95. The highest BCUT2D eigenvalue weighted by atomic mass is 19.1. The zero-order valence-electron chi connectivity index (χ0n) is 16.5. The number of hydrogen-bond acceptors (Lipinski definition) is 5. The number of anilines is 1. The average molecular weight is 413 g/mol. The van der Waals surface area contributed by atoms with Crippen LogP contribution in [0.2, 0.25) is 0 Å². The van der Waals surface area contributed by atoms with Gasteiger partial charge in [-0.05, 0) is 49.7 Å². The van der Waals surface area contributed by atoms with Gasteiger partial charge in [0, 0.05) is 24.5 Å². The van der Waals surface area contributed by atoms with Crippen LogP contribution in [-0.4, -0.2) is 48.5 Å². The van der Waals surface area contributed by atoms with Gasteiger partial charge in [0.25, 0.3) is 0 Å². The predicted octanol–water partition coefficient (Wildman–Crippen LogP) is 3.59. The lowest BCUT2D eigenvalue weighted by atomic mass is 9.84. The second-order valence-electron chi connectivity index (χ2n) is 7.26. The highest BCUT2D eigenvalue weighted by Crippen LogP contribution is 2.35. The fourth-order valence-electron chi connectivity index (χ4n) is 3.82. The summed E-state index contributed by atoms with van der Waals surface area (Å²) in [4.78, 5) is 31.3. The molecule has 2 aromatic carbocycles. The van der Waals surface area contributed by atoms with Gasteiger partial charge in [0.05, 0.1) is 24.6 Å². The molecule has 1 atom stereocenters. The van der Waals surface area contributed by atoms with Crippen LogP contribution in [-0.2, 0) is 4.79 Å². The largest absolute Gasteiger partial charge is 0.494 e. The van der Waals surface area contributed by atoms with Crippen LogP contribution in [0.1, 0.15) is 23.7 Å². The third-order valence-corrected chi connectivity index (χ3v) is 5.24. The number of likely N-dealkylation sites (tertiary alicyclic amines) is 1. The van der Waals surface area contributed by atoms with E-state index in [0.717, 1.165) is 17.9 Å². The van der Waals surface area contributed by atoms with Gasteiger partial charge < -0.3 is 10.1 Å². The van der Waals surface area contributed by atoms with Gasteiger partial charge in [0.1, 0.15) is 23.1 Å². The molecule has 2 aliphatic rings. The first-order chi connectivity index (χ1) is 14.5. The van der Waals surface area contributed by atoms with E-state index in [4.69, 9.17) is 4.74 Å². The summed E-state index contributed by atoms with van der Waals surface area (Å²) in [5.74, 6) is -2.13. The molecule has 156 valence electrons. The van der Waals surface area contributed by atoms with Gasteiger partial charge in [-0.2, -0.15) is 0 Å². The van der Waals surface area contributed by atoms with Crippen LogP contribution >= 0.6 is 0 Å². The maximum absolute atomic E-state index is 14.1. The lowest BCUT2D eigenvalue weighted by molar-refractivity contribution is -0.117. The molecule has 4 rings (SSSR count). The predicted molar refractivity (Wildman–Crippen MR) is 109 cm³/mol. The smallest absolute Gasteiger partial charge is 0.238 e. The van der Waals surface area contributed by atoms with Crippen LogP contribution in [0.5, 0.6) is 5.75 Å². The summed E-state index contributed by atoms with van der Waals surface area (Å²) in [6, 6.07) is 8.97. The molecule has 2 aromatic rings. The molecule has 0 radical (unpaired) electrons. The Balaban J connectivity index is 1.41. The van der Waals surface area contributed by atoms with E-state index in [2.05, 4.69) is 10.3 Å². The standard InChI is InChI=1S/C22H21F2N3O3/c1-2-30-14-5-3-13(4-6-14)25-19(28)12-27-10-9-18-15(11-27)22(29)20-16(23)7-8-17(24)21(20)26-18/h3-8,15H,2,9-12H2,1H3,(H,25,28). The molecule has 6 nitrogen and oxygen atoms in total. The summed E-state index contributed by atoms with van der Waals surface area (Å²) >= 11 is 0. The summed E-state index contributed by atoms with van der Waals surface area (Å²) < 4.78 is 33.5. The number of carbonyl (C=O) groups is 2. The van der Waals surface area contributed by atoms with Gasteiger partial charge >= 0.3 is 0 Å². The van der Waals surface area contributed by atoms with Crippen molar-refractivity contribution >= 4 is 28.8 Å². The number of halogens is 2. The highest BCUT2D eigenvalue weighted by molar-refractivity contribution is 6.18. The quantitative estimate of drug-likeness (QED) is 0.813. The summed E-state index contributed by atoms with van der Waals surface area (Å²) in [6.45, 7) is 3.29. The van der Waals surface area contributed by atoms with Gasteiger partial charge in [-0.25, -0.2) is 8.78 Å². The van der Waals surface area contributed by atoms with Crippen LogP contribution in [0.25, 0.3) is 0 Å². The van der Waals surface area contributed by atoms with Crippen molar-refractivity contribution in [2.75, 3.05) is 31.6 Å². The Labute approximate surface area is 172 Å². The third-order valence-electron chi connectivity index (χ3n) is 5.24. The van der Waals surface area contributed by atoms with E-state index in [1.165, 1.54) is 0 Å². The number of amides is 1. The van der Waals surface area contributed by atoms with Gasteiger partial charge in [-0.15, -0.1) is 0 Å². The number of benzene rings is 2. The molecule has 1 N–H and O–H groups in total. The summed E-state index contributed by atoms with van der Waals surface area (Å²) in [5.41, 5.74) is 0.667. The number of Topliss-reactive ketones (excluding diaryl/α,β-unsaturated/α-hetero) is 1. The van der Waals surface area contributed by atoms with Crippen molar-refractivity contribution in [3.8, 4) is 5.75 Å². The molecular formula is C22H21F2N3O3. The molecule has 2 aliphatic heterocycles. The number of hydrogen-bond donors (Lipinski definition) is 1. The van der Waals surface area contributed by atoms with Crippen molar-refractivity contribution in [1.29, 1.82) is 0 Å². The van der Waals surface area contributed by atoms with E-state index < -0.39 is 23.3 Å². The number of nitrogens with one attached hydrogen (secondary N) is 1. The Hall–Kier alpha value is -3.13. The van der Waals surface area contributed by atoms with Crippen LogP contribution in [0.4, 0.5) is 20.2 Å². The molecule has 8 heteroatoms. The van der Waals surface area contributed by atoms with Crippen LogP contribution in [0.3, 0.4) is 0 Å². The van der Waals surface area contributed by atoms with E-state index in [9.17, 15) is 18.4 Å². The zero-order chi connectivity index (χ0) is 21.3. The Morgan fingerprint density at radius 2 is 1.93 bits per heavy atom. The van der Waals surface area contributed by atoms with Gasteiger partial charge in [-0.3, -0.25) is 19.5 Å². The van der Waals surface area contributed by atoms with Crippen molar-refractivity contribution in [2.24, 2.45) is 10.9 Å². The first-order valence-electron chi connectivity index (χ1n) is 9.81. The normalized spacial score (nSPS) is 18.3. The molecule has 1 saturated heterocycles. The molecule has 2 heterocycles. The summed E-state index contributed by atoms with van der Waals surface area (Å²) in [6.07, 6.45) is 0.419. The number of ketones is 1. The summed E-state index contributed by atoms with van der Waals surface area (Å²) in [5, 5.41) is 2.81. The lowest BCUT2D eigenvalue weighted by Crippen LogP contribution is -2.48. The van der Waals surface area contributed by atoms with Gasteiger partial charge in [0.2, 0.25) is 5.91 Å². The van der Waals surface area contributed by atoms with E-state index in [0.29, 0.717) is 31.0 Å². The highest BCUT2D eigenvalue weighted by Gasteiger charge is 2.38. The molecule has 0 saturated carbocycles. The first kappa shape index (κ1) is 20.2. The second-order valence-corrected chi connectivity index (χ2v) is 7.26. The number of rotatable bonds is 5. The Kier molecular flexibility index (Phi) is 5.59. The number of ether oxygens (including phenoxy) is 1. The van der Waals surface area contributed by atoms with Gasteiger partial charge in [-0.1, -0.05) is 0 Å². The fraction of sp³-hybridized carbons (Fsp3) is 0.318. The molecule has 0 aliphatic carbocycles. The molecule has 1 amide bonds. The number of nitrogens with zero attached hydrogens (tertiary/aromatic N) is 2. The van der Waals surface area contributed by atoms with Crippen molar-refractivity contribution < 1.29 is 23.1 Å². The van der Waals surface area contributed by atoms with Gasteiger partial charge in [0.15, 0.2) is 5.78 Å². The van der Waals surface area contributed by atoms with Crippen molar-refractivity contribution in [3.05, 3.63) is 53.6 Å². The molecular weight excluding hydrogens is 392 g/mol. The minimum absolute atomic E-state index is 0.0861. The lowest BCUT2D eigenvalue weighted by Gasteiger charge is -2.34. The molecule has 0 spiro atoms. The molecule has 1 unspecified atom stereocenters. The molecule has 1 fully saturated rings. The van der Waals surface area contributed by atoms with Crippen LogP contribution in [0.15, 0.2) is 41.4 Å². The molecule has 0 bridgehead atoms. The minimum Gasteiger partial charge on any atom is -0.494 e. The van der Waals surface area contributed by atoms with E-state index in [1.54, 1.807) is 24.3 Å². The fourth-order valence-corrected chi connectivity index (χ4v) is 3.82. The Morgan fingerprint density at radius 1 is 1.20 bits per heavy atom. The monoisotopic (exact) mass is 413 g/mol. The number of piperidine rings is 1. The molecule has 0 aromatic heterocycles.